The minimum absolute atomic E-state index is 0.202. The van der Waals surface area contributed by atoms with Gasteiger partial charge in [0.15, 0.2) is 0 Å². The van der Waals surface area contributed by atoms with Crippen LogP contribution in [0.2, 0.25) is 0 Å². The van der Waals surface area contributed by atoms with Gasteiger partial charge in [-0.1, -0.05) is 18.2 Å². The maximum atomic E-state index is 11.8. The van der Waals surface area contributed by atoms with Gasteiger partial charge in [-0.25, -0.2) is 4.98 Å². The second-order valence-electron chi connectivity index (χ2n) is 3.80. The molecule has 0 radical (unpaired) electrons. The van der Waals surface area contributed by atoms with Crippen molar-refractivity contribution in [1.82, 2.24) is 9.97 Å². The first-order valence-corrected chi connectivity index (χ1v) is 5.54. The van der Waals surface area contributed by atoms with Crippen molar-refractivity contribution in [3.63, 3.8) is 0 Å². The highest BCUT2D eigenvalue weighted by Crippen LogP contribution is 2.24. The minimum Gasteiger partial charge on any atom is -0.438 e. The summed E-state index contributed by atoms with van der Waals surface area (Å²) in [7, 11) is 0. The Morgan fingerprint density at radius 1 is 1.06 bits per heavy atom. The molecule has 0 fully saturated rings. The molecule has 0 saturated heterocycles. The number of hydrogen-bond donors (Lipinski definition) is 1. The number of rotatable bonds is 2. The van der Waals surface area contributed by atoms with E-state index in [2.05, 4.69) is 9.97 Å². The van der Waals surface area contributed by atoms with Gasteiger partial charge in [0.05, 0.1) is 0 Å². The predicted molar refractivity (Wildman–Crippen MR) is 68.9 cm³/mol. The van der Waals surface area contributed by atoms with E-state index >= 15 is 0 Å². The third kappa shape index (κ3) is 1.84. The summed E-state index contributed by atoms with van der Waals surface area (Å²) in [6.45, 7) is 0. The zero-order valence-corrected chi connectivity index (χ0v) is 9.46. The molecule has 0 atom stereocenters. The fourth-order valence-corrected chi connectivity index (χ4v) is 1.78. The van der Waals surface area contributed by atoms with E-state index in [9.17, 15) is 4.79 Å². The van der Waals surface area contributed by atoms with Gasteiger partial charge in [0.1, 0.15) is 11.1 Å². The lowest BCUT2D eigenvalue weighted by atomic mass is 10.2. The Morgan fingerprint density at radius 2 is 1.89 bits per heavy atom. The molecule has 4 heteroatoms. The third-order valence-corrected chi connectivity index (χ3v) is 2.61. The Balaban J connectivity index is 2.15. The Bertz CT molecular complexity index is 730. The molecule has 0 saturated carbocycles. The van der Waals surface area contributed by atoms with E-state index in [1.807, 2.05) is 36.4 Å². The van der Waals surface area contributed by atoms with Gasteiger partial charge in [0, 0.05) is 12.4 Å². The smallest absolute Gasteiger partial charge is 0.261 e. The average molecular weight is 238 g/mol. The van der Waals surface area contributed by atoms with Gasteiger partial charge in [-0.05, 0) is 29.7 Å². The summed E-state index contributed by atoms with van der Waals surface area (Å²) in [6.07, 6.45) is 3.23. The lowest BCUT2D eigenvalue weighted by molar-refractivity contribution is 0.469. The number of pyridine rings is 2. The number of H-pyrrole nitrogens is 1. The highest BCUT2D eigenvalue weighted by atomic mass is 16.5. The molecule has 2 aromatic heterocycles. The van der Waals surface area contributed by atoms with Crippen LogP contribution in [-0.4, -0.2) is 9.97 Å². The molecule has 0 aliphatic carbocycles. The number of ether oxygens (including phenoxy) is 1. The van der Waals surface area contributed by atoms with E-state index in [0.29, 0.717) is 17.0 Å². The van der Waals surface area contributed by atoms with Crippen molar-refractivity contribution in [2.75, 3.05) is 0 Å². The molecule has 0 spiro atoms. The molecule has 0 unspecified atom stereocenters. The molecule has 1 aromatic carbocycles. The molecule has 4 nitrogen and oxygen atoms in total. The van der Waals surface area contributed by atoms with Crippen LogP contribution in [0.3, 0.4) is 0 Å². The lowest BCUT2D eigenvalue weighted by Gasteiger charge is -2.06. The zero-order chi connectivity index (χ0) is 12.4. The van der Waals surface area contributed by atoms with Crippen LogP contribution >= 0.6 is 0 Å². The number of nitrogens with one attached hydrogen (secondary N) is 1. The van der Waals surface area contributed by atoms with Gasteiger partial charge in [-0.2, -0.15) is 0 Å². The van der Waals surface area contributed by atoms with E-state index in [-0.39, 0.29) is 5.56 Å². The first-order chi connectivity index (χ1) is 8.84. The predicted octanol–water partition coefficient (Wildman–Crippen LogP) is 2.72. The number of benzene rings is 1. The van der Waals surface area contributed by atoms with Gasteiger partial charge < -0.3 is 9.72 Å². The maximum absolute atomic E-state index is 11.8. The zero-order valence-electron chi connectivity index (χ0n) is 9.46. The summed E-state index contributed by atoms with van der Waals surface area (Å²) in [6, 6.07) is 12.9. The summed E-state index contributed by atoms with van der Waals surface area (Å²) < 4.78 is 5.64. The molecule has 0 amide bonds. The molecule has 0 aliphatic heterocycles. The molecular formula is C14H10N2O2. The van der Waals surface area contributed by atoms with E-state index in [4.69, 9.17) is 4.74 Å². The van der Waals surface area contributed by atoms with Crippen LogP contribution < -0.4 is 10.3 Å². The van der Waals surface area contributed by atoms with Crippen LogP contribution in [0.25, 0.3) is 10.8 Å². The Hall–Kier alpha value is -2.62. The summed E-state index contributed by atoms with van der Waals surface area (Å²) in [4.78, 5) is 18.6. The van der Waals surface area contributed by atoms with Crippen LogP contribution in [0.5, 0.6) is 11.6 Å². The third-order valence-electron chi connectivity index (χ3n) is 2.61. The van der Waals surface area contributed by atoms with Gasteiger partial charge in [0.25, 0.3) is 5.56 Å². The van der Waals surface area contributed by atoms with Crippen molar-refractivity contribution in [2.24, 2.45) is 0 Å². The van der Waals surface area contributed by atoms with Crippen LogP contribution in [-0.2, 0) is 0 Å². The van der Waals surface area contributed by atoms with Crippen LogP contribution in [0.15, 0.2) is 59.7 Å². The first kappa shape index (κ1) is 10.5. The van der Waals surface area contributed by atoms with Gasteiger partial charge in [-0.15, -0.1) is 0 Å². The van der Waals surface area contributed by atoms with E-state index in [1.165, 1.54) is 0 Å². The quantitative estimate of drug-likeness (QED) is 0.746. The monoisotopic (exact) mass is 238 g/mol. The first-order valence-electron chi connectivity index (χ1n) is 5.54. The second kappa shape index (κ2) is 4.33. The Morgan fingerprint density at radius 3 is 2.72 bits per heavy atom. The fourth-order valence-electron chi connectivity index (χ4n) is 1.78. The average Bonchev–Trinajstić information content (AvgIpc) is 2.40. The second-order valence-corrected chi connectivity index (χ2v) is 3.80. The van der Waals surface area contributed by atoms with Crippen LogP contribution in [0.4, 0.5) is 0 Å². The van der Waals surface area contributed by atoms with Crippen molar-refractivity contribution in [3.05, 3.63) is 65.2 Å². The van der Waals surface area contributed by atoms with Crippen molar-refractivity contribution < 1.29 is 4.74 Å². The number of fused-ring (bicyclic) bond motifs is 1. The van der Waals surface area contributed by atoms with Crippen molar-refractivity contribution in [1.29, 1.82) is 0 Å². The minimum atomic E-state index is -0.202. The number of aromatic nitrogens is 2. The van der Waals surface area contributed by atoms with Crippen LogP contribution in [0.1, 0.15) is 0 Å². The molecule has 3 aromatic rings. The molecular weight excluding hydrogens is 228 g/mol. The van der Waals surface area contributed by atoms with Crippen molar-refractivity contribution >= 4 is 10.8 Å². The highest BCUT2D eigenvalue weighted by Gasteiger charge is 2.08. The molecule has 1 N–H and O–H groups in total. The summed E-state index contributed by atoms with van der Waals surface area (Å²) in [5, 5.41) is 1.27. The van der Waals surface area contributed by atoms with Gasteiger partial charge in [-0.3, -0.25) is 4.79 Å². The summed E-state index contributed by atoms with van der Waals surface area (Å²) in [5.41, 5.74) is -0.202. The molecule has 3 rings (SSSR count). The molecule has 18 heavy (non-hydrogen) atoms. The SMILES string of the molecule is O=c1[nH]ccc2ccnc(Oc3ccccc3)c12. The van der Waals surface area contributed by atoms with E-state index in [0.717, 1.165) is 5.39 Å². The van der Waals surface area contributed by atoms with Crippen molar-refractivity contribution in [3.8, 4) is 11.6 Å². The number of aromatic amines is 1. The van der Waals surface area contributed by atoms with Crippen molar-refractivity contribution in [2.45, 2.75) is 0 Å². The Labute approximate surface area is 103 Å². The largest absolute Gasteiger partial charge is 0.438 e. The van der Waals surface area contributed by atoms with Gasteiger partial charge >= 0.3 is 0 Å². The molecule has 2 heterocycles. The fraction of sp³-hybridized carbons (Fsp3) is 0. The maximum Gasteiger partial charge on any atom is 0.261 e. The lowest BCUT2D eigenvalue weighted by Crippen LogP contribution is -2.06. The normalized spacial score (nSPS) is 10.4. The molecule has 0 bridgehead atoms. The number of para-hydroxylation sites is 1. The van der Waals surface area contributed by atoms with E-state index < -0.39 is 0 Å². The Kier molecular flexibility index (Phi) is 2.53. The number of hydrogen-bond acceptors (Lipinski definition) is 3. The molecule has 0 aliphatic rings. The van der Waals surface area contributed by atoms with Crippen LogP contribution in [0, 0.1) is 0 Å². The highest BCUT2D eigenvalue weighted by molar-refractivity contribution is 5.85. The topological polar surface area (TPSA) is 55.0 Å². The van der Waals surface area contributed by atoms with Gasteiger partial charge in [0.2, 0.25) is 5.88 Å². The number of nitrogens with zero attached hydrogens (tertiary/aromatic N) is 1. The summed E-state index contributed by atoms with van der Waals surface area (Å²) in [5.74, 6) is 0.973. The standard InChI is InChI=1S/C14H10N2O2/c17-13-12-10(6-8-15-13)7-9-16-14(12)18-11-4-2-1-3-5-11/h1-9H,(H,15,17). The molecule has 88 valence electrons. The summed E-state index contributed by atoms with van der Waals surface area (Å²) >= 11 is 0. The van der Waals surface area contributed by atoms with E-state index in [1.54, 1.807) is 18.5 Å².